The number of nitrogens with one attached hydrogen (secondary N) is 1. The summed E-state index contributed by atoms with van der Waals surface area (Å²) in [5.74, 6) is -0.814. The zero-order valence-corrected chi connectivity index (χ0v) is 16.1. The molecular formula is C18H31N3O4. The summed E-state index contributed by atoms with van der Waals surface area (Å²) in [5.41, 5.74) is 4.19. The molecule has 1 saturated heterocycles. The van der Waals surface area contributed by atoms with Crippen LogP contribution in [0.5, 0.6) is 0 Å². The van der Waals surface area contributed by atoms with Gasteiger partial charge in [0.25, 0.3) is 0 Å². The molecule has 2 atom stereocenters. The third kappa shape index (κ3) is 7.04. The van der Waals surface area contributed by atoms with E-state index >= 15 is 0 Å². The van der Waals surface area contributed by atoms with Crippen molar-refractivity contribution in [1.29, 1.82) is 0 Å². The van der Waals surface area contributed by atoms with Gasteiger partial charge < -0.3 is 20.7 Å². The molecule has 0 saturated carbocycles. The first-order valence-electron chi connectivity index (χ1n) is 8.25. The number of ether oxygens (including phenoxy) is 1. The van der Waals surface area contributed by atoms with E-state index in [1.165, 1.54) is 4.90 Å². The van der Waals surface area contributed by atoms with E-state index < -0.39 is 35.1 Å². The third-order valence-electron chi connectivity index (χ3n) is 3.64. The number of nitrogens with two attached hydrogens (primary N) is 1. The van der Waals surface area contributed by atoms with Crippen molar-refractivity contribution in [3.8, 4) is 12.8 Å². The van der Waals surface area contributed by atoms with Gasteiger partial charge in [-0.25, -0.2) is 4.79 Å². The Kier molecular flexibility index (Phi) is 7.97. The molecule has 142 valence electrons. The molecule has 3 N–H and O–H groups in total. The highest BCUT2D eigenvalue weighted by atomic mass is 16.6. The first-order chi connectivity index (χ1) is 11.3. The summed E-state index contributed by atoms with van der Waals surface area (Å²) in [6.45, 7) is 11.3. The Bertz CT molecular complexity index is 515. The van der Waals surface area contributed by atoms with Crippen LogP contribution in [0.15, 0.2) is 0 Å². The summed E-state index contributed by atoms with van der Waals surface area (Å²) in [6, 6.07) is -1.40. The second-order valence-electron chi connectivity index (χ2n) is 8.04. The molecule has 1 aliphatic rings. The molecule has 1 heterocycles. The molecule has 0 aliphatic carbocycles. The first kappa shape index (κ1) is 22.8. The van der Waals surface area contributed by atoms with Crippen LogP contribution in [-0.4, -0.2) is 47.0 Å². The van der Waals surface area contributed by atoms with Gasteiger partial charge in [0.15, 0.2) is 0 Å². The van der Waals surface area contributed by atoms with Crippen LogP contribution in [-0.2, 0) is 14.3 Å². The number of nitrogens with zero attached hydrogens (tertiary/aromatic N) is 1. The number of hydrogen-bond acceptors (Lipinski definition) is 4. The normalized spacial score (nSPS) is 18.6. The van der Waals surface area contributed by atoms with Gasteiger partial charge >= 0.3 is 6.09 Å². The van der Waals surface area contributed by atoms with E-state index in [0.717, 1.165) is 6.42 Å². The topological polar surface area (TPSA) is 102 Å². The van der Waals surface area contributed by atoms with E-state index in [2.05, 4.69) is 18.2 Å². The molecule has 0 unspecified atom stereocenters. The lowest BCUT2D eigenvalue weighted by Crippen LogP contribution is -2.57. The lowest BCUT2D eigenvalue weighted by molar-refractivity contribution is -0.141. The number of carbonyl (C=O) groups excluding carboxylic acids is 3. The predicted octanol–water partition coefficient (Wildman–Crippen LogP) is 1.65. The first-order valence-corrected chi connectivity index (χ1v) is 8.25. The minimum absolute atomic E-state index is 0.301. The van der Waals surface area contributed by atoms with E-state index in [1.54, 1.807) is 20.8 Å². The second-order valence-corrected chi connectivity index (χ2v) is 8.04. The van der Waals surface area contributed by atoms with Gasteiger partial charge in [0.2, 0.25) is 11.8 Å². The third-order valence-corrected chi connectivity index (χ3v) is 3.64. The summed E-state index contributed by atoms with van der Waals surface area (Å²) in [4.78, 5) is 37.9. The average molecular weight is 353 g/mol. The molecule has 0 aromatic rings. The van der Waals surface area contributed by atoms with Crippen molar-refractivity contribution in [3.63, 3.8) is 0 Å². The van der Waals surface area contributed by atoms with E-state index in [-0.39, 0.29) is 5.91 Å². The Morgan fingerprint density at radius 3 is 2.08 bits per heavy atom. The lowest BCUT2D eigenvalue weighted by Gasteiger charge is -2.35. The smallest absolute Gasteiger partial charge is 0.408 e. The van der Waals surface area contributed by atoms with Gasteiger partial charge in [0.05, 0.1) is 0 Å². The van der Waals surface area contributed by atoms with Crippen molar-refractivity contribution >= 4 is 17.9 Å². The van der Waals surface area contributed by atoms with Crippen molar-refractivity contribution in [1.82, 2.24) is 10.2 Å². The summed E-state index contributed by atoms with van der Waals surface area (Å²) in [7, 11) is 0. The number of amides is 3. The maximum absolute atomic E-state index is 12.9. The van der Waals surface area contributed by atoms with Gasteiger partial charge in [0.1, 0.15) is 17.7 Å². The molecule has 1 fully saturated rings. The molecule has 1 aliphatic heterocycles. The van der Waals surface area contributed by atoms with Crippen LogP contribution in [0.4, 0.5) is 4.79 Å². The van der Waals surface area contributed by atoms with Crippen LogP contribution < -0.4 is 11.1 Å². The summed E-state index contributed by atoms with van der Waals surface area (Å²) < 4.78 is 5.24. The fraction of sp³-hybridized carbons (Fsp3) is 0.722. The zero-order chi connectivity index (χ0) is 20.0. The summed E-state index contributed by atoms with van der Waals surface area (Å²) in [6.07, 6.45) is 8.63. The summed E-state index contributed by atoms with van der Waals surface area (Å²) >= 11 is 0. The molecule has 0 aromatic carbocycles. The molecule has 7 nitrogen and oxygen atoms in total. The summed E-state index contributed by atoms with van der Waals surface area (Å²) in [5, 5.41) is 2.65. The Hall–Kier alpha value is -2.23. The molecule has 0 aromatic heterocycles. The van der Waals surface area contributed by atoms with E-state index in [9.17, 15) is 14.4 Å². The van der Waals surface area contributed by atoms with Crippen molar-refractivity contribution in [2.24, 2.45) is 11.1 Å². The minimum Gasteiger partial charge on any atom is -0.444 e. The zero-order valence-electron chi connectivity index (χ0n) is 16.1. The fourth-order valence-corrected chi connectivity index (χ4v) is 2.57. The number of terminal acetylenes is 1. The molecule has 0 radical (unpaired) electrons. The van der Waals surface area contributed by atoms with Gasteiger partial charge in [-0.3, -0.25) is 9.59 Å². The highest BCUT2D eigenvalue weighted by Crippen LogP contribution is 2.26. The van der Waals surface area contributed by atoms with Crippen molar-refractivity contribution in [2.75, 3.05) is 6.54 Å². The minimum atomic E-state index is -0.794. The van der Waals surface area contributed by atoms with Crippen molar-refractivity contribution in [3.05, 3.63) is 0 Å². The van der Waals surface area contributed by atoms with E-state index in [4.69, 9.17) is 10.5 Å². The van der Waals surface area contributed by atoms with Crippen LogP contribution in [0.3, 0.4) is 0 Å². The van der Waals surface area contributed by atoms with Gasteiger partial charge in [-0.05, 0) is 39.0 Å². The predicted molar refractivity (Wildman–Crippen MR) is 96.4 cm³/mol. The maximum Gasteiger partial charge on any atom is 0.408 e. The molecule has 7 heteroatoms. The Morgan fingerprint density at radius 2 is 1.68 bits per heavy atom. The second kappa shape index (κ2) is 8.75. The highest BCUT2D eigenvalue weighted by molar-refractivity contribution is 5.91. The monoisotopic (exact) mass is 353 g/mol. The van der Waals surface area contributed by atoms with Crippen molar-refractivity contribution in [2.45, 2.75) is 72.1 Å². The van der Waals surface area contributed by atoms with Gasteiger partial charge in [-0.2, -0.15) is 0 Å². The van der Waals surface area contributed by atoms with Crippen molar-refractivity contribution < 1.29 is 19.1 Å². The quantitative estimate of drug-likeness (QED) is 0.753. The molecule has 1 rings (SSSR count). The molecule has 0 bridgehead atoms. The molecular weight excluding hydrogens is 322 g/mol. The van der Waals surface area contributed by atoms with Crippen LogP contribution in [0.25, 0.3) is 0 Å². The van der Waals surface area contributed by atoms with Crippen LogP contribution in [0.1, 0.15) is 54.4 Å². The number of carbonyl (C=O) groups is 3. The van der Waals surface area contributed by atoms with Gasteiger partial charge in [-0.1, -0.05) is 20.8 Å². The molecule has 3 amide bonds. The number of alkyl carbamates (subject to hydrolysis) is 1. The Morgan fingerprint density at radius 1 is 1.16 bits per heavy atom. The van der Waals surface area contributed by atoms with Crippen LogP contribution >= 0.6 is 0 Å². The van der Waals surface area contributed by atoms with Crippen LogP contribution in [0.2, 0.25) is 0 Å². The van der Waals surface area contributed by atoms with Crippen LogP contribution in [0, 0.1) is 18.3 Å². The SMILES string of the molecule is C#C.CC(C)(C)OC(=O)N[C@H](C(=O)N1CCC[C@H]1C(N)=O)C(C)(C)C. The lowest BCUT2D eigenvalue weighted by atomic mass is 9.85. The molecule has 25 heavy (non-hydrogen) atoms. The van der Waals surface area contributed by atoms with E-state index in [1.807, 2.05) is 20.8 Å². The number of likely N-dealkylation sites (tertiary alicyclic amines) is 1. The maximum atomic E-state index is 12.9. The number of hydrogen-bond donors (Lipinski definition) is 2. The molecule has 0 spiro atoms. The largest absolute Gasteiger partial charge is 0.444 e. The highest BCUT2D eigenvalue weighted by Gasteiger charge is 2.41. The number of rotatable bonds is 3. The Labute approximate surface area is 150 Å². The number of primary amides is 1. The fourth-order valence-electron chi connectivity index (χ4n) is 2.57. The van der Waals surface area contributed by atoms with Gasteiger partial charge in [0, 0.05) is 6.54 Å². The van der Waals surface area contributed by atoms with E-state index in [0.29, 0.717) is 13.0 Å². The van der Waals surface area contributed by atoms with Gasteiger partial charge in [-0.15, -0.1) is 12.8 Å². The Balaban J connectivity index is 0.00000277. The standard InChI is InChI=1S/C16H29N3O4.C2H2/c1-15(2,3)11(18-14(22)23-16(4,5)6)13(21)19-9-7-8-10(19)12(17)20;1-2/h10-11H,7-9H2,1-6H3,(H2,17,20)(H,18,22);1-2H/t10-,11+;/m0./s1. The average Bonchev–Trinajstić information content (AvgIpc) is 2.92.